The van der Waals surface area contributed by atoms with E-state index in [9.17, 15) is 4.39 Å². The normalized spacial score (nSPS) is 22.9. The minimum atomic E-state index is -0.196. The third kappa shape index (κ3) is 2.68. The minimum Gasteiger partial charge on any atom is -0.323 e. The molecule has 0 aliphatic heterocycles. The summed E-state index contributed by atoms with van der Waals surface area (Å²) >= 11 is 8.03. The van der Waals surface area contributed by atoms with E-state index in [1.54, 1.807) is 6.92 Å². The third-order valence-electron chi connectivity index (χ3n) is 4.46. The average molecular weight is 327 g/mol. The molecule has 1 saturated carbocycles. The lowest BCUT2D eigenvalue weighted by molar-refractivity contribution is 0.366. The van der Waals surface area contributed by atoms with Gasteiger partial charge in [0.1, 0.15) is 11.6 Å². The Kier molecular flexibility index (Phi) is 4.46. The molecule has 2 atom stereocenters. The molecule has 0 bridgehead atoms. The van der Waals surface area contributed by atoms with Crippen molar-refractivity contribution in [1.29, 1.82) is 0 Å². The van der Waals surface area contributed by atoms with E-state index in [2.05, 4.69) is 15.8 Å². The lowest BCUT2D eigenvalue weighted by atomic mass is 9.94. The maximum Gasteiger partial charge on any atom is 0.128 e. The van der Waals surface area contributed by atoms with E-state index in [1.807, 2.05) is 17.8 Å². The Hall–Kier alpha value is -0.740. The van der Waals surface area contributed by atoms with Crippen LogP contribution in [0.5, 0.6) is 0 Å². The summed E-state index contributed by atoms with van der Waals surface area (Å²) in [5.74, 6) is 1.04. The molecule has 0 amide bonds. The van der Waals surface area contributed by atoms with Crippen LogP contribution in [0.1, 0.15) is 43.1 Å². The summed E-state index contributed by atoms with van der Waals surface area (Å²) in [7, 11) is 0. The zero-order valence-electron chi connectivity index (χ0n) is 12.4. The minimum absolute atomic E-state index is 0.196. The lowest BCUT2D eigenvalue weighted by Gasteiger charge is -2.32. The van der Waals surface area contributed by atoms with Crippen LogP contribution in [0.25, 0.3) is 11.0 Å². The smallest absolute Gasteiger partial charge is 0.128 e. The van der Waals surface area contributed by atoms with Gasteiger partial charge in [-0.25, -0.2) is 9.37 Å². The van der Waals surface area contributed by atoms with Gasteiger partial charge in [-0.1, -0.05) is 12.8 Å². The van der Waals surface area contributed by atoms with Gasteiger partial charge in [0.2, 0.25) is 0 Å². The molecule has 1 aromatic carbocycles. The number of hydrogen-bond acceptors (Lipinski definition) is 2. The number of benzene rings is 1. The van der Waals surface area contributed by atoms with Crippen LogP contribution in [0.3, 0.4) is 0 Å². The second kappa shape index (κ2) is 6.17. The average Bonchev–Trinajstić information content (AvgIpc) is 2.85. The molecular weight excluding hydrogens is 307 g/mol. The van der Waals surface area contributed by atoms with Crippen molar-refractivity contribution in [2.75, 3.05) is 6.26 Å². The molecule has 2 nitrogen and oxygen atoms in total. The van der Waals surface area contributed by atoms with Crippen LogP contribution >= 0.6 is 23.4 Å². The number of nitrogens with zero attached hydrogens (tertiary/aromatic N) is 2. The van der Waals surface area contributed by atoms with E-state index in [4.69, 9.17) is 11.6 Å². The highest BCUT2D eigenvalue weighted by Crippen LogP contribution is 2.38. The number of halogens is 2. The summed E-state index contributed by atoms with van der Waals surface area (Å²) in [5, 5.41) is 0.587. The number of thioether (sulfide) groups is 1. The fourth-order valence-electron chi connectivity index (χ4n) is 3.38. The van der Waals surface area contributed by atoms with E-state index in [0.717, 1.165) is 23.3 Å². The van der Waals surface area contributed by atoms with Crippen molar-refractivity contribution in [2.24, 2.45) is 0 Å². The van der Waals surface area contributed by atoms with Crippen LogP contribution in [-0.2, 0) is 5.88 Å². The van der Waals surface area contributed by atoms with Gasteiger partial charge in [0.25, 0.3) is 0 Å². The highest BCUT2D eigenvalue weighted by molar-refractivity contribution is 7.99. The van der Waals surface area contributed by atoms with Gasteiger partial charge in [0.15, 0.2) is 0 Å². The summed E-state index contributed by atoms with van der Waals surface area (Å²) in [4.78, 5) is 4.56. The molecule has 1 aliphatic carbocycles. The van der Waals surface area contributed by atoms with Gasteiger partial charge in [0.05, 0.1) is 16.9 Å². The van der Waals surface area contributed by atoms with E-state index >= 15 is 0 Å². The molecule has 1 fully saturated rings. The van der Waals surface area contributed by atoms with Crippen molar-refractivity contribution in [3.05, 3.63) is 29.3 Å². The third-order valence-corrected chi connectivity index (χ3v) is 5.86. The van der Waals surface area contributed by atoms with Gasteiger partial charge in [-0.2, -0.15) is 11.8 Å². The zero-order valence-corrected chi connectivity index (χ0v) is 14.0. The lowest BCUT2D eigenvalue weighted by Crippen LogP contribution is -2.26. The van der Waals surface area contributed by atoms with Crippen molar-refractivity contribution in [2.45, 2.75) is 49.8 Å². The van der Waals surface area contributed by atoms with Crippen molar-refractivity contribution >= 4 is 34.4 Å². The number of hydrogen-bond donors (Lipinski definition) is 0. The van der Waals surface area contributed by atoms with Crippen LogP contribution in [0, 0.1) is 12.7 Å². The Morgan fingerprint density at radius 1 is 1.38 bits per heavy atom. The standard InChI is InChI=1S/C16H20ClFN2S/c1-10-7-14-12(8-11(10)18)19-16(9-17)20(14)13-5-3-4-6-15(13)21-2/h7-8,13,15H,3-6,9H2,1-2H3. The molecule has 114 valence electrons. The van der Waals surface area contributed by atoms with Gasteiger partial charge in [-0.15, -0.1) is 11.6 Å². The molecule has 1 aromatic heterocycles. The number of aromatic nitrogens is 2. The molecule has 5 heteroatoms. The van der Waals surface area contributed by atoms with Gasteiger partial charge in [0, 0.05) is 17.4 Å². The molecule has 0 spiro atoms. The van der Waals surface area contributed by atoms with E-state index < -0.39 is 0 Å². The predicted molar refractivity (Wildman–Crippen MR) is 88.8 cm³/mol. The first-order valence-electron chi connectivity index (χ1n) is 7.41. The topological polar surface area (TPSA) is 17.8 Å². The van der Waals surface area contributed by atoms with Crippen LogP contribution in [0.2, 0.25) is 0 Å². The summed E-state index contributed by atoms with van der Waals surface area (Å²) in [6, 6.07) is 3.87. The Bertz CT molecular complexity index is 655. The molecule has 0 radical (unpaired) electrons. The zero-order chi connectivity index (χ0) is 15.0. The van der Waals surface area contributed by atoms with E-state index in [-0.39, 0.29) is 5.82 Å². The molecule has 1 aliphatic rings. The molecule has 2 unspecified atom stereocenters. The van der Waals surface area contributed by atoms with Crippen LogP contribution in [0.15, 0.2) is 12.1 Å². The summed E-state index contributed by atoms with van der Waals surface area (Å²) < 4.78 is 16.1. The van der Waals surface area contributed by atoms with Crippen molar-refractivity contribution < 1.29 is 4.39 Å². The number of imidazole rings is 1. The first-order chi connectivity index (χ1) is 10.2. The molecule has 0 saturated heterocycles. The first kappa shape index (κ1) is 15.2. The molecule has 0 N–H and O–H groups in total. The SMILES string of the molecule is CSC1CCCCC1n1c(CCl)nc2cc(F)c(C)cc21. The van der Waals surface area contributed by atoms with Crippen molar-refractivity contribution in [3.63, 3.8) is 0 Å². The molecule has 2 aromatic rings. The van der Waals surface area contributed by atoms with Gasteiger partial charge in [-0.3, -0.25) is 0 Å². The highest BCUT2D eigenvalue weighted by atomic mass is 35.5. The summed E-state index contributed by atoms with van der Waals surface area (Å²) in [5.41, 5.74) is 2.41. The first-order valence-corrected chi connectivity index (χ1v) is 9.23. The van der Waals surface area contributed by atoms with Crippen molar-refractivity contribution in [3.8, 4) is 0 Å². The Morgan fingerprint density at radius 3 is 2.86 bits per heavy atom. The predicted octanol–water partition coefficient (Wildman–Crippen LogP) is 5.07. The quantitative estimate of drug-likeness (QED) is 0.733. The second-order valence-corrected chi connectivity index (χ2v) is 7.09. The Balaban J connectivity index is 2.17. The largest absolute Gasteiger partial charge is 0.323 e. The number of fused-ring (bicyclic) bond motifs is 1. The number of rotatable bonds is 3. The number of alkyl halides is 1. The van der Waals surface area contributed by atoms with Gasteiger partial charge in [-0.05, 0) is 37.7 Å². The van der Waals surface area contributed by atoms with Crippen LogP contribution in [-0.4, -0.2) is 21.1 Å². The van der Waals surface area contributed by atoms with Crippen molar-refractivity contribution in [1.82, 2.24) is 9.55 Å². The van der Waals surface area contributed by atoms with E-state index in [0.29, 0.717) is 22.7 Å². The summed E-state index contributed by atoms with van der Waals surface area (Å²) in [6.07, 6.45) is 7.08. The maximum atomic E-state index is 13.8. The van der Waals surface area contributed by atoms with Gasteiger partial charge < -0.3 is 4.57 Å². The maximum absolute atomic E-state index is 13.8. The molecule has 21 heavy (non-hydrogen) atoms. The highest BCUT2D eigenvalue weighted by Gasteiger charge is 2.29. The van der Waals surface area contributed by atoms with Crippen LogP contribution in [0.4, 0.5) is 4.39 Å². The Morgan fingerprint density at radius 2 is 2.14 bits per heavy atom. The fourth-order valence-corrected chi connectivity index (χ4v) is 4.54. The number of aryl methyl sites for hydroxylation is 1. The summed E-state index contributed by atoms with van der Waals surface area (Å²) in [6.45, 7) is 1.80. The van der Waals surface area contributed by atoms with Gasteiger partial charge >= 0.3 is 0 Å². The van der Waals surface area contributed by atoms with E-state index in [1.165, 1.54) is 25.3 Å². The fraction of sp³-hybridized carbons (Fsp3) is 0.562. The Labute approximate surface area is 134 Å². The molecular formula is C16H20ClFN2S. The second-order valence-electron chi connectivity index (χ2n) is 5.75. The molecule has 3 rings (SSSR count). The monoisotopic (exact) mass is 326 g/mol. The van der Waals surface area contributed by atoms with Crippen LogP contribution < -0.4 is 0 Å². The molecule has 1 heterocycles.